The molecule has 1 aliphatic rings. The number of hydrogen-bond donors (Lipinski definition) is 1. The van der Waals surface area contributed by atoms with Crippen LogP contribution in [0.25, 0.3) is 0 Å². The molecule has 0 saturated heterocycles. The van der Waals surface area contributed by atoms with Gasteiger partial charge in [-0.2, -0.15) is 0 Å². The van der Waals surface area contributed by atoms with Crippen molar-refractivity contribution in [1.82, 2.24) is 0 Å². The third-order valence-corrected chi connectivity index (χ3v) is 3.42. The Bertz CT molecular complexity index is 771. The van der Waals surface area contributed by atoms with Crippen LogP contribution < -0.4 is 14.8 Å². The Morgan fingerprint density at radius 3 is 2.26 bits per heavy atom. The number of Topliss-reactive ketones (excluding diaryl/α,β-unsaturated/α-hetero) is 1. The smallest absolute Gasteiger partial charge is 0.255 e. The normalized spacial score (nSPS) is 12.6. The van der Waals surface area contributed by atoms with Crippen LogP contribution in [0.3, 0.4) is 0 Å². The second-order valence-corrected chi connectivity index (χ2v) is 5.06. The number of amides is 1. The van der Waals surface area contributed by atoms with Crippen molar-refractivity contribution in [2.75, 3.05) is 18.5 Å². The van der Waals surface area contributed by atoms with Crippen molar-refractivity contribution in [1.29, 1.82) is 0 Å². The van der Waals surface area contributed by atoms with Crippen molar-refractivity contribution in [2.24, 2.45) is 0 Å². The van der Waals surface area contributed by atoms with E-state index >= 15 is 0 Å². The molecule has 5 nitrogen and oxygen atoms in total. The second-order valence-electron chi connectivity index (χ2n) is 5.06. The molecular weight excluding hydrogens is 301 g/mol. The summed E-state index contributed by atoms with van der Waals surface area (Å²) in [5.41, 5.74) is 0.941. The van der Waals surface area contributed by atoms with E-state index in [1.165, 1.54) is 31.2 Å². The van der Waals surface area contributed by atoms with Crippen molar-refractivity contribution < 1.29 is 23.5 Å². The van der Waals surface area contributed by atoms with Crippen molar-refractivity contribution in [2.45, 2.75) is 6.92 Å². The number of halogens is 1. The number of rotatable bonds is 3. The topological polar surface area (TPSA) is 64.6 Å². The maximum Gasteiger partial charge on any atom is 0.255 e. The fraction of sp³-hybridized carbons (Fsp3) is 0.176. The van der Waals surface area contributed by atoms with Crippen LogP contribution in [0.1, 0.15) is 27.6 Å². The standard InChI is InChI=1S/C17H14FNO4/c1-10(20)13-8-15-16(23-7-6-22-15)9-14(13)19-17(21)11-2-4-12(18)5-3-11/h2-5,8-9H,6-7H2,1H3,(H,19,21). The first kappa shape index (κ1) is 15.0. The summed E-state index contributed by atoms with van der Waals surface area (Å²) in [6.07, 6.45) is 0. The Labute approximate surface area is 132 Å². The van der Waals surface area contributed by atoms with Gasteiger partial charge in [-0.15, -0.1) is 0 Å². The van der Waals surface area contributed by atoms with Crippen molar-refractivity contribution in [3.63, 3.8) is 0 Å². The van der Waals surface area contributed by atoms with Gasteiger partial charge in [-0.3, -0.25) is 9.59 Å². The lowest BCUT2D eigenvalue weighted by Crippen LogP contribution is -2.18. The molecule has 6 heteroatoms. The average Bonchev–Trinajstić information content (AvgIpc) is 2.54. The number of ether oxygens (including phenoxy) is 2. The van der Waals surface area contributed by atoms with Crippen LogP contribution in [0, 0.1) is 5.82 Å². The van der Waals surface area contributed by atoms with Crippen molar-refractivity contribution >= 4 is 17.4 Å². The van der Waals surface area contributed by atoms with Gasteiger partial charge in [0.2, 0.25) is 0 Å². The van der Waals surface area contributed by atoms with Gasteiger partial charge in [0.1, 0.15) is 19.0 Å². The van der Waals surface area contributed by atoms with Crippen LogP contribution in [0.15, 0.2) is 36.4 Å². The first-order chi connectivity index (χ1) is 11.0. The summed E-state index contributed by atoms with van der Waals surface area (Å²) in [5.74, 6) is -0.136. The van der Waals surface area contributed by atoms with Crippen LogP contribution in [0.2, 0.25) is 0 Å². The maximum absolute atomic E-state index is 12.9. The monoisotopic (exact) mass is 315 g/mol. The van der Waals surface area contributed by atoms with Gasteiger partial charge in [-0.05, 0) is 37.3 Å². The van der Waals surface area contributed by atoms with Gasteiger partial charge in [-0.1, -0.05) is 0 Å². The van der Waals surface area contributed by atoms with Crippen molar-refractivity contribution in [3.8, 4) is 11.5 Å². The Kier molecular flexibility index (Phi) is 3.97. The van der Waals surface area contributed by atoms with Gasteiger partial charge < -0.3 is 14.8 Å². The zero-order chi connectivity index (χ0) is 16.4. The van der Waals surface area contributed by atoms with Gasteiger partial charge in [-0.25, -0.2) is 4.39 Å². The number of carbonyl (C=O) groups is 2. The van der Waals surface area contributed by atoms with E-state index in [1.807, 2.05) is 0 Å². The Hall–Kier alpha value is -2.89. The number of fused-ring (bicyclic) bond motifs is 1. The lowest BCUT2D eigenvalue weighted by molar-refractivity contribution is 0.101. The summed E-state index contributed by atoms with van der Waals surface area (Å²) in [4.78, 5) is 24.1. The van der Waals surface area contributed by atoms with E-state index in [0.29, 0.717) is 36.0 Å². The second kappa shape index (κ2) is 6.08. The quantitative estimate of drug-likeness (QED) is 0.884. The summed E-state index contributed by atoms with van der Waals surface area (Å²) in [6.45, 7) is 2.21. The van der Waals surface area contributed by atoms with E-state index in [9.17, 15) is 14.0 Å². The third kappa shape index (κ3) is 3.15. The number of anilines is 1. The van der Waals surface area contributed by atoms with Crippen LogP contribution >= 0.6 is 0 Å². The minimum atomic E-state index is -0.441. The Balaban J connectivity index is 1.93. The molecule has 1 N–H and O–H groups in total. The Morgan fingerprint density at radius 2 is 1.65 bits per heavy atom. The molecule has 0 atom stereocenters. The summed E-state index contributed by atoms with van der Waals surface area (Å²) < 4.78 is 23.8. The first-order valence-electron chi connectivity index (χ1n) is 7.06. The molecule has 0 radical (unpaired) electrons. The number of nitrogens with one attached hydrogen (secondary N) is 1. The van der Waals surface area contributed by atoms with Crippen molar-refractivity contribution in [3.05, 3.63) is 53.3 Å². The first-order valence-corrected chi connectivity index (χ1v) is 7.06. The number of carbonyl (C=O) groups excluding carboxylic acids is 2. The van der Waals surface area contributed by atoms with Gasteiger partial charge >= 0.3 is 0 Å². The fourth-order valence-electron chi connectivity index (χ4n) is 2.28. The highest BCUT2D eigenvalue weighted by Gasteiger charge is 2.19. The molecule has 2 aromatic carbocycles. The van der Waals surface area contributed by atoms with E-state index < -0.39 is 11.7 Å². The van der Waals surface area contributed by atoms with E-state index in [2.05, 4.69) is 5.32 Å². The van der Waals surface area contributed by atoms with E-state index in [-0.39, 0.29) is 11.3 Å². The number of benzene rings is 2. The van der Waals surface area contributed by atoms with E-state index in [0.717, 1.165) is 0 Å². The molecule has 0 aromatic heterocycles. The molecule has 0 fully saturated rings. The molecule has 23 heavy (non-hydrogen) atoms. The van der Waals surface area contributed by atoms with Crippen LogP contribution in [-0.2, 0) is 0 Å². The highest BCUT2D eigenvalue weighted by molar-refractivity contribution is 6.09. The number of hydrogen-bond acceptors (Lipinski definition) is 4. The zero-order valence-electron chi connectivity index (χ0n) is 12.4. The molecule has 0 unspecified atom stereocenters. The zero-order valence-corrected chi connectivity index (χ0v) is 12.4. The summed E-state index contributed by atoms with van der Waals surface area (Å²) >= 11 is 0. The van der Waals surface area contributed by atoms with Crippen LogP contribution in [0.5, 0.6) is 11.5 Å². The fourth-order valence-corrected chi connectivity index (χ4v) is 2.28. The predicted octanol–water partition coefficient (Wildman–Crippen LogP) is 3.05. The van der Waals surface area contributed by atoms with Gasteiger partial charge in [0, 0.05) is 17.2 Å². The summed E-state index contributed by atoms with van der Waals surface area (Å²) in [6, 6.07) is 8.26. The molecule has 118 valence electrons. The van der Waals surface area contributed by atoms with Crippen LogP contribution in [0.4, 0.5) is 10.1 Å². The van der Waals surface area contributed by atoms with Gasteiger partial charge in [0.25, 0.3) is 5.91 Å². The van der Waals surface area contributed by atoms with Gasteiger partial charge in [0.15, 0.2) is 17.3 Å². The molecular formula is C17H14FNO4. The molecule has 1 heterocycles. The molecule has 3 rings (SSSR count). The minimum absolute atomic E-state index is 0.212. The molecule has 0 bridgehead atoms. The largest absolute Gasteiger partial charge is 0.486 e. The van der Waals surface area contributed by atoms with Crippen LogP contribution in [-0.4, -0.2) is 24.9 Å². The molecule has 1 amide bonds. The molecule has 1 aliphatic heterocycles. The number of ketones is 1. The van der Waals surface area contributed by atoms with E-state index in [1.54, 1.807) is 12.1 Å². The predicted molar refractivity (Wildman–Crippen MR) is 81.8 cm³/mol. The lowest BCUT2D eigenvalue weighted by Gasteiger charge is -2.20. The molecule has 0 spiro atoms. The highest BCUT2D eigenvalue weighted by atomic mass is 19.1. The Morgan fingerprint density at radius 1 is 1.04 bits per heavy atom. The van der Waals surface area contributed by atoms with E-state index in [4.69, 9.17) is 9.47 Å². The average molecular weight is 315 g/mol. The summed E-state index contributed by atoms with van der Waals surface area (Å²) in [7, 11) is 0. The SMILES string of the molecule is CC(=O)c1cc2c(cc1NC(=O)c1ccc(F)cc1)OCCO2. The minimum Gasteiger partial charge on any atom is -0.486 e. The summed E-state index contributed by atoms with van der Waals surface area (Å²) in [5, 5.41) is 2.66. The molecule has 2 aromatic rings. The highest BCUT2D eigenvalue weighted by Crippen LogP contribution is 2.36. The molecule has 0 aliphatic carbocycles. The van der Waals surface area contributed by atoms with Gasteiger partial charge in [0.05, 0.1) is 5.69 Å². The maximum atomic E-state index is 12.9. The lowest BCUT2D eigenvalue weighted by atomic mass is 10.1. The third-order valence-electron chi connectivity index (χ3n) is 3.42. The molecule has 0 saturated carbocycles.